The highest BCUT2D eigenvalue weighted by molar-refractivity contribution is 6.31. The zero-order chi connectivity index (χ0) is 33.4. The molecular formula is C35H26ClFN8O3. The van der Waals surface area contributed by atoms with Gasteiger partial charge in [0.2, 0.25) is 11.8 Å². The van der Waals surface area contributed by atoms with Crippen LogP contribution in [0, 0.1) is 5.82 Å². The van der Waals surface area contributed by atoms with Crippen LogP contribution < -0.4 is 5.73 Å². The number of nitrogens with two attached hydrogens (primary N) is 1. The Morgan fingerprint density at radius 1 is 1.06 bits per heavy atom. The Balaban J connectivity index is 1.26. The van der Waals surface area contributed by atoms with Crippen LogP contribution in [0.4, 0.5) is 4.39 Å². The van der Waals surface area contributed by atoms with Crippen LogP contribution in [0.5, 0.6) is 0 Å². The summed E-state index contributed by atoms with van der Waals surface area (Å²) in [4.78, 5) is 50.3. The zero-order valence-corrected chi connectivity index (χ0v) is 26.0. The molecule has 0 spiro atoms. The van der Waals surface area contributed by atoms with Gasteiger partial charge in [0.15, 0.2) is 11.6 Å². The number of amides is 2. The van der Waals surface area contributed by atoms with E-state index < -0.39 is 23.7 Å². The fraction of sp³-hybridized carbons (Fsp3) is 0.143. The molecule has 3 aromatic carbocycles. The van der Waals surface area contributed by atoms with Crippen molar-refractivity contribution in [3.05, 3.63) is 129 Å². The van der Waals surface area contributed by atoms with Gasteiger partial charge in [0, 0.05) is 48.1 Å². The number of aliphatic imine (C=N–C) groups is 1. The van der Waals surface area contributed by atoms with Crippen molar-refractivity contribution in [1.29, 1.82) is 0 Å². The number of fused-ring (bicyclic) bond motifs is 2. The molecule has 2 amide bonds. The van der Waals surface area contributed by atoms with Gasteiger partial charge in [0.05, 0.1) is 22.9 Å². The molecule has 0 saturated carbocycles. The Labute approximate surface area is 278 Å². The Bertz CT molecular complexity index is 2150. The smallest absolute Gasteiger partial charge is 0.248 e. The Morgan fingerprint density at radius 2 is 1.90 bits per heavy atom. The van der Waals surface area contributed by atoms with E-state index in [9.17, 15) is 14.4 Å². The summed E-state index contributed by atoms with van der Waals surface area (Å²) >= 11 is 6.09. The van der Waals surface area contributed by atoms with Crippen LogP contribution in [-0.4, -0.2) is 60.4 Å². The van der Waals surface area contributed by atoms with E-state index in [4.69, 9.17) is 17.3 Å². The van der Waals surface area contributed by atoms with Crippen LogP contribution in [0.15, 0.2) is 84.3 Å². The molecule has 13 heteroatoms. The van der Waals surface area contributed by atoms with E-state index in [0.717, 1.165) is 27.8 Å². The summed E-state index contributed by atoms with van der Waals surface area (Å²) in [5.74, 6) is -1.98. The lowest BCUT2D eigenvalue weighted by Gasteiger charge is -2.36. The van der Waals surface area contributed by atoms with Gasteiger partial charge >= 0.3 is 0 Å². The third-order valence-electron chi connectivity index (χ3n) is 8.51. The Morgan fingerprint density at radius 3 is 2.67 bits per heavy atom. The number of carbonyl (C=O) groups is 3. The SMILES string of the molecule is NC(=O)c1ccc(-c2nccc3c2CCN(C(=O)/C=C/c2c(-n4cnnn4)ccc(Cl)c2F)C3C(=O)Cc2ccc3c(c2)CN=C3)cc1. The summed E-state index contributed by atoms with van der Waals surface area (Å²) in [5, 5.41) is 10.9. The molecule has 0 aliphatic carbocycles. The Hall–Kier alpha value is -5.88. The van der Waals surface area contributed by atoms with Gasteiger partial charge in [-0.15, -0.1) is 5.10 Å². The first-order valence-electron chi connectivity index (χ1n) is 15.0. The minimum absolute atomic E-state index is 0.00897. The second-order valence-corrected chi connectivity index (χ2v) is 11.8. The maximum atomic E-state index is 15.3. The van der Waals surface area contributed by atoms with Crippen LogP contribution in [0.2, 0.25) is 5.02 Å². The molecule has 238 valence electrons. The highest BCUT2D eigenvalue weighted by Crippen LogP contribution is 2.37. The second-order valence-electron chi connectivity index (χ2n) is 11.4. The van der Waals surface area contributed by atoms with Gasteiger partial charge in [0.25, 0.3) is 0 Å². The van der Waals surface area contributed by atoms with Crippen LogP contribution in [-0.2, 0) is 29.0 Å². The van der Waals surface area contributed by atoms with Gasteiger partial charge in [-0.1, -0.05) is 41.9 Å². The van der Waals surface area contributed by atoms with E-state index in [1.54, 1.807) is 42.6 Å². The number of pyridine rings is 1. The van der Waals surface area contributed by atoms with Crippen molar-refractivity contribution in [2.45, 2.75) is 25.4 Å². The van der Waals surface area contributed by atoms with Crippen molar-refractivity contribution in [3.8, 4) is 16.9 Å². The molecule has 0 bridgehead atoms. The van der Waals surface area contributed by atoms with Crippen molar-refractivity contribution in [1.82, 2.24) is 30.1 Å². The second kappa shape index (κ2) is 12.7. The van der Waals surface area contributed by atoms with Crippen LogP contribution >= 0.6 is 11.6 Å². The van der Waals surface area contributed by atoms with E-state index in [2.05, 4.69) is 25.5 Å². The summed E-state index contributed by atoms with van der Waals surface area (Å²) in [6, 6.07) is 16.3. The van der Waals surface area contributed by atoms with Crippen molar-refractivity contribution in [2.24, 2.45) is 10.7 Å². The average Bonchev–Trinajstić information content (AvgIpc) is 3.81. The molecule has 7 rings (SSSR count). The Kier molecular flexibility index (Phi) is 8.15. The third kappa shape index (κ3) is 5.77. The molecule has 2 N–H and O–H groups in total. The summed E-state index contributed by atoms with van der Waals surface area (Å²) in [5.41, 5.74) is 11.8. The number of rotatable bonds is 8. The molecule has 2 aliphatic heterocycles. The largest absolute Gasteiger partial charge is 0.366 e. The maximum Gasteiger partial charge on any atom is 0.248 e. The number of Topliss-reactive ketones (excluding diaryl/α,β-unsaturated/α-hetero) is 1. The highest BCUT2D eigenvalue weighted by atomic mass is 35.5. The molecule has 48 heavy (non-hydrogen) atoms. The van der Waals surface area contributed by atoms with Gasteiger partial charge in [0.1, 0.15) is 12.4 Å². The molecule has 1 atom stereocenters. The number of hydrogen-bond donors (Lipinski definition) is 1. The maximum absolute atomic E-state index is 15.3. The van der Waals surface area contributed by atoms with Gasteiger partial charge in [-0.2, -0.15) is 4.68 Å². The van der Waals surface area contributed by atoms with Gasteiger partial charge in [-0.25, -0.2) is 4.39 Å². The lowest BCUT2D eigenvalue weighted by molar-refractivity contribution is -0.136. The molecule has 1 unspecified atom stereocenters. The number of carbonyl (C=O) groups excluding carboxylic acids is 3. The molecule has 2 aromatic heterocycles. The van der Waals surface area contributed by atoms with E-state index in [1.165, 1.54) is 34.1 Å². The van der Waals surface area contributed by atoms with Gasteiger partial charge < -0.3 is 10.6 Å². The summed E-state index contributed by atoms with van der Waals surface area (Å²) in [6.07, 6.45) is 7.73. The predicted molar refractivity (Wildman–Crippen MR) is 176 cm³/mol. The number of primary amides is 1. The number of nitrogens with zero attached hydrogens (tertiary/aromatic N) is 7. The molecule has 0 radical (unpaired) electrons. The number of benzene rings is 3. The van der Waals surface area contributed by atoms with Crippen LogP contribution in [0.3, 0.4) is 0 Å². The average molecular weight is 661 g/mol. The number of halogens is 2. The fourth-order valence-electron chi connectivity index (χ4n) is 6.19. The summed E-state index contributed by atoms with van der Waals surface area (Å²) in [6.45, 7) is 0.746. The van der Waals surface area contributed by atoms with E-state index in [0.29, 0.717) is 29.8 Å². The van der Waals surface area contributed by atoms with Crippen molar-refractivity contribution in [3.63, 3.8) is 0 Å². The normalized spacial score (nSPS) is 15.0. The predicted octanol–water partition coefficient (Wildman–Crippen LogP) is 4.50. The first-order valence-corrected chi connectivity index (χ1v) is 15.4. The molecule has 0 saturated heterocycles. The first kappa shape index (κ1) is 30.8. The van der Waals surface area contributed by atoms with Crippen LogP contribution in [0.25, 0.3) is 23.0 Å². The lowest BCUT2D eigenvalue weighted by atomic mass is 9.86. The molecule has 4 heterocycles. The molecular weight excluding hydrogens is 635 g/mol. The third-order valence-corrected chi connectivity index (χ3v) is 8.80. The van der Waals surface area contributed by atoms with E-state index in [-0.39, 0.29) is 35.0 Å². The number of tetrazole rings is 1. The molecule has 11 nitrogen and oxygen atoms in total. The first-order chi connectivity index (χ1) is 23.3. The minimum atomic E-state index is -0.953. The molecule has 5 aromatic rings. The van der Waals surface area contributed by atoms with Crippen molar-refractivity contribution >= 4 is 41.5 Å². The lowest BCUT2D eigenvalue weighted by Crippen LogP contribution is -2.43. The minimum Gasteiger partial charge on any atom is -0.366 e. The fourth-order valence-corrected chi connectivity index (χ4v) is 6.35. The van der Waals surface area contributed by atoms with Crippen molar-refractivity contribution in [2.75, 3.05) is 6.54 Å². The van der Waals surface area contributed by atoms with E-state index in [1.807, 2.05) is 24.4 Å². The molecule has 2 aliphatic rings. The van der Waals surface area contributed by atoms with Gasteiger partial charge in [-0.05, 0) is 81.1 Å². The monoisotopic (exact) mass is 660 g/mol. The molecule has 0 fully saturated rings. The summed E-state index contributed by atoms with van der Waals surface area (Å²) in [7, 11) is 0. The number of aromatic nitrogens is 5. The highest BCUT2D eigenvalue weighted by Gasteiger charge is 2.36. The topological polar surface area (TPSA) is 149 Å². The standard InChI is InChI=1S/C35H26ClFN8O3/c36-28-8-9-29(45-19-41-42-43-45)27(32(28)37)7-10-31(47)44-14-12-25-26(11-13-40-33(25)21-3-5-22(6-4-21)35(38)48)34(44)30(46)16-20-1-2-23-17-39-18-24(23)15-20/h1-11,13,15,17,19,34H,12,14,16,18H2,(H2,38,48)/b10-7+. The number of ketones is 1. The van der Waals surface area contributed by atoms with Crippen molar-refractivity contribution < 1.29 is 18.8 Å². The number of hydrogen-bond acceptors (Lipinski definition) is 8. The quantitative estimate of drug-likeness (QED) is 0.241. The summed E-state index contributed by atoms with van der Waals surface area (Å²) < 4.78 is 16.5. The van der Waals surface area contributed by atoms with Crippen LogP contribution in [0.1, 0.15) is 49.8 Å². The zero-order valence-electron chi connectivity index (χ0n) is 25.3. The van der Waals surface area contributed by atoms with E-state index >= 15 is 4.39 Å². The van der Waals surface area contributed by atoms with Gasteiger partial charge in [-0.3, -0.25) is 24.4 Å².